The van der Waals surface area contributed by atoms with Crippen molar-refractivity contribution in [2.75, 3.05) is 6.54 Å². The van der Waals surface area contributed by atoms with E-state index in [4.69, 9.17) is 0 Å². The summed E-state index contributed by atoms with van der Waals surface area (Å²) in [4.78, 5) is 0.173. The van der Waals surface area contributed by atoms with Crippen LogP contribution >= 0.6 is 15.9 Å². The highest BCUT2D eigenvalue weighted by Gasteiger charge is 2.21. The van der Waals surface area contributed by atoms with Crippen LogP contribution in [-0.4, -0.2) is 25.7 Å². The summed E-state index contributed by atoms with van der Waals surface area (Å²) in [5.41, 5.74) is -0.108. The Morgan fingerprint density at radius 3 is 2.47 bits per heavy atom. The third kappa shape index (κ3) is 4.39. The molecule has 0 heterocycles. The molecule has 1 aromatic carbocycles. The van der Waals surface area contributed by atoms with Gasteiger partial charge >= 0.3 is 0 Å². The Balaban J connectivity index is 2.98. The first-order chi connectivity index (χ1) is 7.62. The standard InChI is InChI=1S/C11H16BrNO3S/c1-8-4-5-10(9(12)6-8)17(15,16)13-7-11(2,3)14/h4-6,13-14H,7H2,1-3H3. The topological polar surface area (TPSA) is 66.4 Å². The lowest BCUT2D eigenvalue weighted by Crippen LogP contribution is -2.38. The van der Waals surface area contributed by atoms with Gasteiger partial charge in [-0.15, -0.1) is 0 Å². The summed E-state index contributed by atoms with van der Waals surface area (Å²) in [6.07, 6.45) is 0. The highest BCUT2D eigenvalue weighted by atomic mass is 79.9. The van der Waals surface area contributed by atoms with E-state index in [1.54, 1.807) is 26.0 Å². The van der Waals surface area contributed by atoms with Gasteiger partial charge in [0.15, 0.2) is 0 Å². The SMILES string of the molecule is Cc1ccc(S(=O)(=O)NCC(C)(C)O)c(Br)c1. The predicted molar refractivity (Wildman–Crippen MR) is 70.4 cm³/mol. The molecule has 0 aromatic heterocycles. The van der Waals surface area contributed by atoms with Crippen molar-refractivity contribution in [1.29, 1.82) is 0 Å². The van der Waals surface area contributed by atoms with Crippen LogP contribution in [0.15, 0.2) is 27.6 Å². The molecule has 0 spiro atoms. The summed E-state index contributed by atoms with van der Waals surface area (Å²) < 4.78 is 26.8. The van der Waals surface area contributed by atoms with Crippen molar-refractivity contribution in [3.63, 3.8) is 0 Å². The van der Waals surface area contributed by atoms with Crippen LogP contribution in [0.1, 0.15) is 19.4 Å². The van der Waals surface area contributed by atoms with E-state index in [1.807, 2.05) is 6.92 Å². The van der Waals surface area contributed by atoms with Crippen molar-refractivity contribution >= 4 is 26.0 Å². The highest BCUT2D eigenvalue weighted by molar-refractivity contribution is 9.10. The molecule has 0 saturated carbocycles. The van der Waals surface area contributed by atoms with Crippen molar-refractivity contribution in [1.82, 2.24) is 4.72 Å². The van der Waals surface area contributed by atoms with E-state index in [2.05, 4.69) is 20.7 Å². The smallest absolute Gasteiger partial charge is 0.241 e. The number of hydrogen-bond acceptors (Lipinski definition) is 3. The largest absolute Gasteiger partial charge is 0.389 e. The normalized spacial score (nSPS) is 12.8. The molecule has 0 radical (unpaired) electrons. The molecular weight excluding hydrogens is 306 g/mol. The van der Waals surface area contributed by atoms with Gasteiger partial charge in [0, 0.05) is 11.0 Å². The summed E-state index contributed by atoms with van der Waals surface area (Å²) in [6.45, 7) is 4.93. The number of aryl methyl sites for hydroxylation is 1. The van der Waals surface area contributed by atoms with E-state index >= 15 is 0 Å². The van der Waals surface area contributed by atoms with E-state index < -0.39 is 15.6 Å². The van der Waals surface area contributed by atoms with Gasteiger partial charge in [0.1, 0.15) is 0 Å². The lowest BCUT2D eigenvalue weighted by atomic mass is 10.1. The molecule has 0 aliphatic heterocycles. The van der Waals surface area contributed by atoms with E-state index in [1.165, 1.54) is 6.07 Å². The number of sulfonamides is 1. The van der Waals surface area contributed by atoms with Crippen LogP contribution in [0.2, 0.25) is 0 Å². The second-order valence-corrected chi connectivity index (χ2v) is 7.16. The fraction of sp³-hybridized carbons (Fsp3) is 0.455. The van der Waals surface area contributed by atoms with E-state index in [-0.39, 0.29) is 11.4 Å². The molecule has 17 heavy (non-hydrogen) atoms. The van der Waals surface area contributed by atoms with Gasteiger partial charge in [-0.1, -0.05) is 6.07 Å². The Kier molecular flexibility index (Phi) is 4.35. The fourth-order valence-corrected chi connectivity index (χ4v) is 3.57. The van der Waals surface area contributed by atoms with Crippen LogP contribution in [-0.2, 0) is 10.0 Å². The number of benzene rings is 1. The lowest BCUT2D eigenvalue weighted by molar-refractivity contribution is 0.0857. The van der Waals surface area contributed by atoms with Gasteiger partial charge in [-0.3, -0.25) is 0 Å². The van der Waals surface area contributed by atoms with Crippen molar-refractivity contribution in [2.45, 2.75) is 31.3 Å². The van der Waals surface area contributed by atoms with Crippen molar-refractivity contribution in [3.8, 4) is 0 Å². The number of aliphatic hydroxyl groups is 1. The van der Waals surface area contributed by atoms with Gasteiger partial charge < -0.3 is 5.11 Å². The van der Waals surface area contributed by atoms with Crippen molar-refractivity contribution in [2.24, 2.45) is 0 Å². The Hall–Kier alpha value is -0.430. The molecule has 0 saturated heterocycles. The molecule has 96 valence electrons. The lowest BCUT2D eigenvalue weighted by Gasteiger charge is -2.18. The fourth-order valence-electron chi connectivity index (χ4n) is 1.17. The third-order valence-corrected chi connectivity index (χ3v) is 4.45. The molecule has 0 amide bonds. The minimum Gasteiger partial charge on any atom is -0.389 e. The van der Waals surface area contributed by atoms with Crippen molar-refractivity contribution < 1.29 is 13.5 Å². The Morgan fingerprint density at radius 2 is 2.00 bits per heavy atom. The van der Waals surface area contributed by atoms with Gasteiger partial charge in [-0.2, -0.15) is 0 Å². The predicted octanol–water partition coefficient (Wildman–Crippen LogP) is 1.81. The van der Waals surface area contributed by atoms with Gasteiger partial charge in [0.05, 0.1) is 10.5 Å². The first-order valence-corrected chi connectivity index (χ1v) is 7.38. The molecule has 2 N–H and O–H groups in total. The summed E-state index contributed by atoms with van der Waals surface area (Å²) in [5.74, 6) is 0. The van der Waals surface area contributed by atoms with Crippen molar-refractivity contribution in [3.05, 3.63) is 28.2 Å². The maximum absolute atomic E-state index is 12.0. The highest BCUT2D eigenvalue weighted by Crippen LogP contribution is 2.22. The molecule has 0 atom stereocenters. The van der Waals surface area contributed by atoms with Gasteiger partial charge in [-0.25, -0.2) is 13.1 Å². The molecule has 6 heteroatoms. The zero-order chi connectivity index (χ0) is 13.3. The summed E-state index contributed by atoms with van der Waals surface area (Å²) in [6, 6.07) is 4.99. The van der Waals surface area contributed by atoms with Crippen LogP contribution in [0.5, 0.6) is 0 Å². The Morgan fingerprint density at radius 1 is 1.41 bits per heavy atom. The van der Waals surface area contributed by atoms with E-state index in [9.17, 15) is 13.5 Å². The average molecular weight is 322 g/mol. The summed E-state index contributed by atoms with van der Waals surface area (Å²) in [5, 5.41) is 9.50. The summed E-state index contributed by atoms with van der Waals surface area (Å²) >= 11 is 3.22. The molecule has 1 rings (SSSR count). The summed E-state index contributed by atoms with van der Waals surface area (Å²) in [7, 11) is -3.60. The molecule has 4 nitrogen and oxygen atoms in total. The van der Waals surface area contributed by atoms with Gasteiger partial charge in [0.25, 0.3) is 0 Å². The Labute approximate surface area is 110 Å². The first-order valence-electron chi connectivity index (χ1n) is 5.10. The second-order valence-electron chi connectivity index (χ2n) is 4.57. The maximum atomic E-state index is 12.0. The molecular formula is C11H16BrNO3S. The van der Waals surface area contributed by atoms with E-state index in [0.717, 1.165) is 5.56 Å². The quantitative estimate of drug-likeness (QED) is 0.888. The van der Waals surface area contributed by atoms with Gasteiger partial charge in [0.2, 0.25) is 10.0 Å². The molecule has 0 unspecified atom stereocenters. The molecule has 0 aliphatic rings. The average Bonchev–Trinajstić information content (AvgIpc) is 2.13. The molecule has 0 aliphatic carbocycles. The minimum absolute atomic E-state index is 0.0321. The monoisotopic (exact) mass is 321 g/mol. The van der Waals surface area contributed by atoms with Crippen LogP contribution in [0, 0.1) is 6.92 Å². The Bertz CT molecular complexity index is 506. The number of hydrogen-bond donors (Lipinski definition) is 2. The van der Waals surface area contributed by atoms with Gasteiger partial charge in [-0.05, 0) is 54.4 Å². The molecule has 0 bridgehead atoms. The molecule has 0 fully saturated rings. The van der Waals surface area contributed by atoms with Crippen LogP contribution < -0.4 is 4.72 Å². The number of halogens is 1. The third-order valence-electron chi connectivity index (χ3n) is 2.07. The molecule has 1 aromatic rings. The van der Waals surface area contributed by atoms with E-state index in [0.29, 0.717) is 4.47 Å². The minimum atomic E-state index is -3.60. The van der Waals surface area contributed by atoms with Crippen LogP contribution in [0.25, 0.3) is 0 Å². The number of nitrogens with one attached hydrogen (secondary N) is 1. The first kappa shape index (κ1) is 14.6. The zero-order valence-electron chi connectivity index (χ0n) is 9.99. The second kappa shape index (κ2) is 5.06. The maximum Gasteiger partial charge on any atom is 0.241 e. The zero-order valence-corrected chi connectivity index (χ0v) is 12.4. The van der Waals surface area contributed by atoms with Crippen LogP contribution in [0.3, 0.4) is 0 Å². The number of rotatable bonds is 4. The van der Waals surface area contributed by atoms with Crippen LogP contribution in [0.4, 0.5) is 0 Å².